The van der Waals surface area contributed by atoms with E-state index in [4.69, 9.17) is 10.5 Å². The summed E-state index contributed by atoms with van der Waals surface area (Å²) < 4.78 is 6.64. The number of likely N-dealkylation sites (tertiary alicyclic amines) is 1. The predicted molar refractivity (Wildman–Crippen MR) is 82.8 cm³/mol. The average Bonchev–Trinajstić information content (AvgIpc) is 2.41. The maximum Gasteiger partial charge on any atom is 0.263 e. The van der Waals surface area contributed by atoms with Crippen LogP contribution in [0.25, 0.3) is 0 Å². The third kappa shape index (κ3) is 3.73. The van der Waals surface area contributed by atoms with Crippen molar-refractivity contribution in [2.24, 2.45) is 5.73 Å². The number of benzene rings is 1. The number of nitrogens with zero attached hydrogens (tertiary/aromatic N) is 1. The van der Waals surface area contributed by atoms with E-state index in [1.54, 1.807) is 11.8 Å². The van der Waals surface area contributed by atoms with Gasteiger partial charge in [0.15, 0.2) is 6.10 Å². The van der Waals surface area contributed by atoms with Crippen molar-refractivity contribution < 1.29 is 9.53 Å². The highest BCUT2D eigenvalue weighted by Crippen LogP contribution is 2.27. The molecule has 1 aliphatic heterocycles. The van der Waals surface area contributed by atoms with Crippen LogP contribution in [0.4, 0.5) is 0 Å². The van der Waals surface area contributed by atoms with Crippen LogP contribution in [0.15, 0.2) is 22.7 Å². The van der Waals surface area contributed by atoms with Crippen LogP contribution in [0.5, 0.6) is 5.75 Å². The van der Waals surface area contributed by atoms with E-state index in [0.29, 0.717) is 12.3 Å². The van der Waals surface area contributed by atoms with Crippen LogP contribution in [0.1, 0.15) is 25.3 Å². The third-order valence-electron chi connectivity index (χ3n) is 3.51. The van der Waals surface area contributed by atoms with Gasteiger partial charge in [0.1, 0.15) is 5.75 Å². The molecule has 2 rings (SSSR count). The Bertz CT molecular complexity index is 493. The number of aryl methyl sites for hydroxylation is 1. The molecular weight excluding hydrogens is 320 g/mol. The van der Waals surface area contributed by atoms with Gasteiger partial charge in [0, 0.05) is 19.1 Å². The summed E-state index contributed by atoms with van der Waals surface area (Å²) >= 11 is 3.46. The number of hydrogen-bond acceptors (Lipinski definition) is 3. The van der Waals surface area contributed by atoms with E-state index in [1.165, 1.54) is 0 Å². The predicted octanol–water partition coefficient (Wildman–Crippen LogP) is 2.47. The molecule has 0 unspecified atom stereocenters. The summed E-state index contributed by atoms with van der Waals surface area (Å²) in [7, 11) is 0. The average molecular weight is 341 g/mol. The van der Waals surface area contributed by atoms with Crippen molar-refractivity contribution in [1.29, 1.82) is 0 Å². The first kappa shape index (κ1) is 15.3. The van der Waals surface area contributed by atoms with Crippen LogP contribution in [-0.2, 0) is 4.79 Å². The molecule has 1 fully saturated rings. The molecule has 0 bridgehead atoms. The number of hydrogen-bond donors (Lipinski definition) is 1. The van der Waals surface area contributed by atoms with E-state index in [9.17, 15) is 4.79 Å². The van der Waals surface area contributed by atoms with Gasteiger partial charge in [-0.15, -0.1) is 0 Å². The van der Waals surface area contributed by atoms with E-state index in [2.05, 4.69) is 15.9 Å². The van der Waals surface area contributed by atoms with E-state index < -0.39 is 6.10 Å². The molecular formula is C15H21BrN2O2. The Morgan fingerprint density at radius 3 is 2.95 bits per heavy atom. The molecule has 0 aliphatic carbocycles. The summed E-state index contributed by atoms with van der Waals surface area (Å²) in [5, 5.41) is 0. The molecule has 4 nitrogen and oxygen atoms in total. The van der Waals surface area contributed by atoms with Crippen molar-refractivity contribution in [2.45, 2.75) is 38.8 Å². The Morgan fingerprint density at radius 2 is 2.30 bits per heavy atom. The number of carbonyl (C=O) groups excluding carboxylic acids is 1. The molecule has 20 heavy (non-hydrogen) atoms. The lowest BCUT2D eigenvalue weighted by atomic mass is 10.1. The molecule has 0 spiro atoms. The summed E-state index contributed by atoms with van der Waals surface area (Å²) in [6.45, 7) is 5.20. The Balaban J connectivity index is 2.00. The van der Waals surface area contributed by atoms with Gasteiger partial charge in [-0.25, -0.2) is 0 Å². The molecule has 0 radical (unpaired) electrons. The number of amides is 1. The summed E-state index contributed by atoms with van der Waals surface area (Å²) in [5.74, 6) is 0.699. The highest BCUT2D eigenvalue weighted by atomic mass is 79.9. The maximum atomic E-state index is 12.4. The van der Waals surface area contributed by atoms with Gasteiger partial charge in [0.2, 0.25) is 0 Å². The molecule has 0 aromatic heterocycles. The van der Waals surface area contributed by atoms with E-state index in [-0.39, 0.29) is 11.9 Å². The van der Waals surface area contributed by atoms with Crippen molar-refractivity contribution in [1.82, 2.24) is 4.90 Å². The van der Waals surface area contributed by atoms with E-state index in [0.717, 1.165) is 29.4 Å². The lowest BCUT2D eigenvalue weighted by molar-refractivity contribution is -0.139. The zero-order valence-corrected chi connectivity index (χ0v) is 13.5. The molecule has 1 amide bonds. The molecule has 1 aliphatic rings. The first-order valence-corrected chi connectivity index (χ1v) is 7.74. The van der Waals surface area contributed by atoms with Crippen LogP contribution in [-0.4, -0.2) is 36.0 Å². The van der Waals surface area contributed by atoms with Gasteiger partial charge < -0.3 is 15.4 Å². The van der Waals surface area contributed by atoms with Gasteiger partial charge in [-0.05, 0) is 60.3 Å². The second-order valence-electron chi connectivity index (χ2n) is 5.38. The van der Waals surface area contributed by atoms with E-state index >= 15 is 0 Å². The molecule has 5 heteroatoms. The monoisotopic (exact) mass is 340 g/mol. The number of ether oxygens (including phenoxy) is 1. The maximum absolute atomic E-state index is 12.4. The summed E-state index contributed by atoms with van der Waals surface area (Å²) in [4.78, 5) is 14.2. The van der Waals surface area contributed by atoms with Gasteiger partial charge in [-0.3, -0.25) is 4.79 Å². The molecule has 1 saturated heterocycles. The van der Waals surface area contributed by atoms with Gasteiger partial charge in [-0.1, -0.05) is 6.07 Å². The Kier molecular flexibility index (Phi) is 5.05. The van der Waals surface area contributed by atoms with Gasteiger partial charge in [0.05, 0.1) is 4.47 Å². The molecule has 2 atom stereocenters. The first-order chi connectivity index (χ1) is 9.47. The van der Waals surface area contributed by atoms with Crippen LogP contribution in [0.2, 0.25) is 0 Å². The van der Waals surface area contributed by atoms with Crippen molar-refractivity contribution in [3.05, 3.63) is 28.2 Å². The Labute approximate surface area is 128 Å². The largest absolute Gasteiger partial charge is 0.480 e. The highest BCUT2D eigenvalue weighted by molar-refractivity contribution is 9.10. The minimum atomic E-state index is -0.501. The Morgan fingerprint density at radius 1 is 1.55 bits per heavy atom. The topological polar surface area (TPSA) is 55.6 Å². The molecule has 0 saturated carbocycles. The van der Waals surface area contributed by atoms with Crippen LogP contribution < -0.4 is 10.5 Å². The number of rotatable bonds is 3. The second kappa shape index (κ2) is 6.59. The van der Waals surface area contributed by atoms with Crippen LogP contribution >= 0.6 is 15.9 Å². The number of piperidine rings is 1. The van der Waals surface area contributed by atoms with Gasteiger partial charge >= 0.3 is 0 Å². The van der Waals surface area contributed by atoms with Crippen molar-refractivity contribution in [3.63, 3.8) is 0 Å². The zero-order chi connectivity index (χ0) is 14.7. The molecule has 2 N–H and O–H groups in total. The van der Waals surface area contributed by atoms with Gasteiger partial charge in [0.25, 0.3) is 5.91 Å². The fourth-order valence-electron chi connectivity index (χ4n) is 2.41. The van der Waals surface area contributed by atoms with Crippen LogP contribution in [0, 0.1) is 6.92 Å². The number of halogens is 1. The minimum Gasteiger partial charge on any atom is -0.480 e. The molecule has 1 heterocycles. The van der Waals surface area contributed by atoms with Gasteiger partial charge in [-0.2, -0.15) is 0 Å². The standard InChI is InChI=1S/C15H21BrN2O2/c1-10-5-6-14(13(16)8-10)20-11(2)15(19)18-7-3-4-12(17)9-18/h5-6,8,11-12H,3-4,7,9,17H2,1-2H3/t11-,12+/m0/s1. The van der Waals surface area contributed by atoms with Crippen molar-refractivity contribution in [2.75, 3.05) is 13.1 Å². The quantitative estimate of drug-likeness (QED) is 0.919. The third-order valence-corrected chi connectivity index (χ3v) is 4.13. The highest BCUT2D eigenvalue weighted by Gasteiger charge is 2.26. The molecule has 110 valence electrons. The molecule has 1 aromatic rings. The minimum absolute atomic E-state index is 0.00706. The lowest BCUT2D eigenvalue weighted by Gasteiger charge is -2.32. The second-order valence-corrected chi connectivity index (χ2v) is 6.23. The SMILES string of the molecule is Cc1ccc(O[C@@H](C)C(=O)N2CCC[C@@H](N)C2)c(Br)c1. The lowest BCUT2D eigenvalue weighted by Crippen LogP contribution is -2.49. The summed E-state index contributed by atoms with van der Waals surface area (Å²) in [6.07, 6.45) is 1.45. The first-order valence-electron chi connectivity index (χ1n) is 6.94. The Hall–Kier alpha value is -1.07. The molecule has 1 aromatic carbocycles. The summed E-state index contributed by atoms with van der Waals surface area (Å²) in [5.41, 5.74) is 7.06. The number of nitrogens with two attached hydrogens (primary N) is 1. The zero-order valence-electron chi connectivity index (χ0n) is 11.9. The van der Waals surface area contributed by atoms with Crippen molar-refractivity contribution in [3.8, 4) is 5.75 Å². The van der Waals surface area contributed by atoms with Crippen LogP contribution in [0.3, 0.4) is 0 Å². The fraction of sp³-hybridized carbons (Fsp3) is 0.533. The van der Waals surface area contributed by atoms with Crippen molar-refractivity contribution >= 4 is 21.8 Å². The van der Waals surface area contributed by atoms with E-state index in [1.807, 2.05) is 25.1 Å². The smallest absolute Gasteiger partial charge is 0.263 e. The normalized spacial score (nSPS) is 20.6. The fourth-order valence-corrected chi connectivity index (χ4v) is 3.00. The number of carbonyl (C=O) groups is 1. The summed E-state index contributed by atoms with van der Waals surface area (Å²) in [6, 6.07) is 5.91.